The zero-order valence-electron chi connectivity index (χ0n) is 14.7. The van der Waals surface area contributed by atoms with E-state index in [9.17, 15) is 9.90 Å². The van der Waals surface area contributed by atoms with E-state index in [0.29, 0.717) is 23.1 Å². The summed E-state index contributed by atoms with van der Waals surface area (Å²) in [6.07, 6.45) is 3.83. The summed E-state index contributed by atoms with van der Waals surface area (Å²) < 4.78 is 5.87. The fourth-order valence-corrected chi connectivity index (χ4v) is 2.88. The van der Waals surface area contributed by atoms with Crippen LogP contribution >= 0.6 is 11.6 Å². The molecule has 5 heteroatoms. The van der Waals surface area contributed by atoms with Crippen LogP contribution in [-0.2, 0) is 0 Å². The molecule has 0 N–H and O–H groups in total. The summed E-state index contributed by atoms with van der Waals surface area (Å²) in [6, 6.07) is 17.8. The second-order valence-electron chi connectivity index (χ2n) is 5.76. The maximum Gasteiger partial charge on any atom is 0.127 e. The molecule has 0 fully saturated rings. The summed E-state index contributed by atoms with van der Waals surface area (Å²) in [4.78, 5) is 15.4. The van der Waals surface area contributed by atoms with Crippen molar-refractivity contribution in [1.82, 2.24) is 4.98 Å². The molecule has 0 aliphatic carbocycles. The number of aromatic nitrogens is 1. The molecule has 1 aromatic heterocycles. The highest BCUT2D eigenvalue weighted by atomic mass is 35.5. The van der Waals surface area contributed by atoms with Gasteiger partial charge in [0.2, 0.25) is 0 Å². The fourth-order valence-electron chi connectivity index (χ4n) is 2.71. The molecule has 3 aromatic rings. The molecule has 0 spiro atoms. The molecule has 0 radical (unpaired) electrons. The number of carboxylic acid groups (broad SMARTS) is 1. The molecular weight excluding hydrogens is 362 g/mol. The minimum absolute atomic E-state index is 0.113. The molecule has 3 rings (SSSR count). The van der Waals surface area contributed by atoms with E-state index in [1.54, 1.807) is 18.2 Å². The lowest BCUT2D eigenvalue weighted by Gasteiger charge is -2.15. The first-order valence-electron chi connectivity index (χ1n) is 8.42. The van der Waals surface area contributed by atoms with Crippen LogP contribution < -0.4 is 9.84 Å². The van der Waals surface area contributed by atoms with Crippen LogP contribution in [0.15, 0.2) is 72.8 Å². The Morgan fingerprint density at radius 1 is 1.07 bits per heavy atom. The quantitative estimate of drug-likeness (QED) is 0.597. The second kappa shape index (κ2) is 8.52. The first-order valence-corrected chi connectivity index (χ1v) is 8.79. The van der Waals surface area contributed by atoms with Crippen LogP contribution in [0, 0.1) is 0 Å². The van der Waals surface area contributed by atoms with Crippen molar-refractivity contribution in [2.24, 2.45) is 0 Å². The number of nitrogens with zero attached hydrogens (tertiary/aromatic N) is 1. The number of benzene rings is 2. The number of allylic oxidation sites excluding steroid dienone is 1. The summed E-state index contributed by atoms with van der Waals surface area (Å²) in [6.45, 7) is 2.36. The van der Waals surface area contributed by atoms with E-state index in [-0.39, 0.29) is 5.69 Å². The number of rotatable bonds is 6. The van der Waals surface area contributed by atoms with Crippen LogP contribution in [0.4, 0.5) is 0 Å². The minimum atomic E-state index is -1.31. The Labute approximate surface area is 162 Å². The number of ether oxygens (including phenoxy) is 1. The predicted molar refractivity (Wildman–Crippen MR) is 105 cm³/mol. The highest BCUT2D eigenvalue weighted by Crippen LogP contribution is 2.38. The molecule has 0 aliphatic heterocycles. The molecule has 0 saturated carbocycles. The van der Waals surface area contributed by atoms with Gasteiger partial charge in [0.15, 0.2) is 0 Å². The lowest BCUT2D eigenvalue weighted by Crippen LogP contribution is -2.23. The number of hydrogen-bond donors (Lipinski definition) is 0. The van der Waals surface area contributed by atoms with Crippen LogP contribution in [0.3, 0.4) is 0 Å². The molecule has 1 heterocycles. The number of pyridine rings is 1. The van der Waals surface area contributed by atoms with Crippen LogP contribution in [0.5, 0.6) is 5.75 Å². The Bertz CT molecular complexity index is 998. The fraction of sp³-hybridized carbons (Fsp3) is 0.0909. The van der Waals surface area contributed by atoms with Crippen molar-refractivity contribution in [3.63, 3.8) is 0 Å². The third-order valence-electron chi connectivity index (χ3n) is 3.96. The zero-order valence-corrected chi connectivity index (χ0v) is 15.4. The maximum absolute atomic E-state index is 11.2. The number of carbonyl (C=O) groups excluding carboxylic acids is 1. The summed E-state index contributed by atoms with van der Waals surface area (Å²) in [7, 11) is 0. The van der Waals surface area contributed by atoms with E-state index >= 15 is 0 Å². The van der Waals surface area contributed by atoms with Crippen LogP contribution in [-0.4, -0.2) is 17.6 Å². The third kappa shape index (κ3) is 4.36. The number of halogens is 1. The van der Waals surface area contributed by atoms with Crippen molar-refractivity contribution in [2.75, 3.05) is 6.61 Å². The predicted octanol–water partition coefficient (Wildman–Crippen LogP) is 4.39. The van der Waals surface area contributed by atoms with E-state index < -0.39 is 5.97 Å². The van der Waals surface area contributed by atoms with E-state index in [0.717, 1.165) is 16.7 Å². The van der Waals surface area contributed by atoms with Gasteiger partial charge in [-0.1, -0.05) is 54.1 Å². The molecule has 2 aromatic carbocycles. The average Bonchev–Trinajstić information content (AvgIpc) is 2.69. The molecular formula is C22H17ClNO3-. The van der Waals surface area contributed by atoms with Gasteiger partial charge in [0.1, 0.15) is 12.4 Å². The van der Waals surface area contributed by atoms with Gasteiger partial charge in [0.25, 0.3) is 0 Å². The van der Waals surface area contributed by atoms with Crippen molar-refractivity contribution < 1.29 is 14.6 Å². The van der Waals surface area contributed by atoms with E-state index in [1.165, 1.54) is 6.07 Å². The first-order chi connectivity index (χ1) is 13.1. The normalized spacial score (nSPS) is 10.9. The molecule has 27 heavy (non-hydrogen) atoms. The SMILES string of the molecule is C/C=C/COc1ccc(Cl)cc1-c1ccccc1-c1cccc(C(=O)[O-])n1. The number of hydrogen-bond acceptors (Lipinski definition) is 4. The van der Waals surface area contributed by atoms with Gasteiger partial charge in [-0.15, -0.1) is 0 Å². The number of carbonyl (C=O) groups is 1. The average molecular weight is 379 g/mol. The Morgan fingerprint density at radius 3 is 2.59 bits per heavy atom. The van der Waals surface area contributed by atoms with Gasteiger partial charge in [-0.2, -0.15) is 0 Å². The summed E-state index contributed by atoms with van der Waals surface area (Å²) in [5.41, 5.74) is 2.85. The smallest absolute Gasteiger partial charge is 0.127 e. The van der Waals surface area contributed by atoms with E-state index in [1.807, 2.05) is 55.5 Å². The van der Waals surface area contributed by atoms with Gasteiger partial charge in [0.05, 0.1) is 17.4 Å². The van der Waals surface area contributed by atoms with Crippen molar-refractivity contribution in [1.29, 1.82) is 0 Å². The lowest BCUT2D eigenvalue weighted by molar-refractivity contribution is -0.255. The van der Waals surface area contributed by atoms with Crippen LogP contribution in [0.1, 0.15) is 17.4 Å². The largest absolute Gasteiger partial charge is 0.543 e. The van der Waals surface area contributed by atoms with Crippen molar-refractivity contribution >= 4 is 17.6 Å². The van der Waals surface area contributed by atoms with Crippen LogP contribution in [0.25, 0.3) is 22.4 Å². The van der Waals surface area contributed by atoms with Gasteiger partial charge >= 0.3 is 0 Å². The van der Waals surface area contributed by atoms with Gasteiger partial charge in [0, 0.05) is 16.1 Å². The standard InChI is InChI=1S/C22H18ClNO3/c1-2-3-13-27-21-12-11-15(23)14-18(21)16-7-4-5-8-17(16)19-9-6-10-20(24-19)22(25)26/h2-12,14H,13H2,1H3,(H,25,26)/p-1/b3-2+. The zero-order chi connectivity index (χ0) is 19.2. The van der Waals surface area contributed by atoms with Crippen molar-refractivity contribution in [3.05, 3.63) is 83.5 Å². The number of aromatic carboxylic acids is 1. The van der Waals surface area contributed by atoms with E-state index in [2.05, 4.69) is 4.98 Å². The Morgan fingerprint density at radius 2 is 1.85 bits per heavy atom. The van der Waals surface area contributed by atoms with Gasteiger partial charge in [-0.05, 0) is 42.8 Å². The van der Waals surface area contributed by atoms with Gasteiger partial charge in [-0.3, -0.25) is 0 Å². The molecule has 0 unspecified atom stereocenters. The third-order valence-corrected chi connectivity index (χ3v) is 4.20. The second-order valence-corrected chi connectivity index (χ2v) is 6.20. The monoisotopic (exact) mass is 378 g/mol. The Balaban J connectivity index is 2.13. The summed E-state index contributed by atoms with van der Waals surface area (Å²) in [5.74, 6) is -0.631. The Hall–Kier alpha value is -3.11. The lowest BCUT2D eigenvalue weighted by atomic mass is 9.96. The molecule has 0 saturated heterocycles. The van der Waals surface area contributed by atoms with Gasteiger partial charge < -0.3 is 14.6 Å². The highest BCUT2D eigenvalue weighted by Gasteiger charge is 2.14. The molecule has 0 bridgehead atoms. The molecule has 0 aliphatic rings. The topological polar surface area (TPSA) is 62.2 Å². The highest BCUT2D eigenvalue weighted by molar-refractivity contribution is 6.31. The molecule has 0 atom stereocenters. The molecule has 0 amide bonds. The summed E-state index contributed by atoms with van der Waals surface area (Å²) in [5, 5.41) is 11.7. The Kier molecular flexibility index (Phi) is 5.89. The first kappa shape index (κ1) is 18.7. The minimum Gasteiger partial charge on any atom is -0.543 e. The maximum atomic E-state index is 11.2. The van der Waals surface area contributed by atoms with Crippen molar-refractivity contribution in [3.8, 4) is 28.1 Å². The van der Waals surface area contributed by atoms with Crippen LogP contribution in [0.2, 0.25) is 5.02 Å². The molecule has 4 nitrogen and oxygen atoms in total. The molecule has 136 valence electrons. The van der Waals surface area contributed by atoms with Crippen molar-refractivity contribution in [2.45, 2.75) is 6.92 Å². The van der Waals surface area contributed by atoms with Gasteiger partial charge in [-0.25, -0.2) is 4.98 Å². The number of carboxylic acids is 1. The summed E-state index contributed by atoms with van der Waals surface area (Å²) >= 11 is 6.22. The van der Waals surface area contributed by atoms with E-state index in [4.69, 9.17) is 16.3 Å².